The summed E-state index contributed by atoms with van der Waals surface area (Å²) in [5, 5.41) is 3.37. The lowest BCUT2D eigenvalue weighted by Crippen LogP contribution is -2.47. The summed E-state index contributed by atoms with van der Waals surface area (Å²) >= 11 is 0. The summed E-state index contributed by atoms with van der Waals surface area (Å²) in [6.45, 7) is 5.60. The number of primary amides is 1. The number of hydrogen-bond acceptors (Lipinski definition) is 4. The van der Waals surface area contributed by atoms with Crippen molar-refractivity contribution in [1.82, 2.24) is 15.2 Å². The monoisotopic (exact) mass is 409 g/mol. The second-order valence-corrected chi connectivity index (χ2v) is 7.57. The van der Waals surface area contributed by atoms with Gasteiger partial charge in [-0.05, 0) is 42.9 Å². The Balaban J connectivity index is 1.62. The maximum atomic E-state index is 11.3. The number of nitrogens with zero attached hydrogens (tertiary/aromatic N) is 3. The van der Waals surface area contributed by atoms with Crippen LogP contribution < -0.4 is 15.8 Å². The lowest BCUT2D eigenvalue weighted by molar-refractivity contribution is -0.119. The summed E-state index contributed by atoms with van der Waals surface area (Å²) < 4.78 is 5.82. The molecule has 3 rings (SSSR count). The average Bonchev–Trinajstić information content (AvgIpc) is 2.76. The third-order valence-electron chi connectivity index (χ3n) is 5.08. The highest BCUT2D eigenvalue weighted by Crippen LogP contribution is 2.20. The standard InChI is InChI=1S/C23H31N5O2/c1-2-25-23(28-12-6-9-20(16-28)13-21(24)29)27-15-19-10-11-26-22(14-19)30-17-18-7-4-3-5-8-18/h3-5,7-8,10-11,14,20H,2,6,9,12-13,15-17H2,1H3,(H2,24,29)(H,25,27). The molecule has 0 aliphatic carbocycles. The molecule has 1 aliphatic heterocycles. The van der Waals surface area contributed by atoms with Crippen LogP contribution in [0.2, 0.25) is 0 Å². The number of likely N-dealkylation sites (tertiary alicyclic amines) is 1. The SMILES string of the molecule is CCNC(=NCc1ccnc(OCc2ccccc2)c1)N1CCCC(CC(N)=O)C1. The van der Waals surface area contributed by atoms with E-state index in [0.29, 0.717) is 31.4 Å². The van der Waals surface area contributed by atoms with Crippen molar-refractivity contribution < 1.29 is 9.53 Å². The van der Waals surface area contributed by atoms with Crippen LogP contribution in [0.1, 0.15) is 37.3 Å². The molecule has 1 saturated heterocycles. The molecule has 1 unspecified atom stereocenters. The molecular weight excluding hydrogens is 378 g/mol. The number of hydrogen-bond donors (Lipinski definition) is 2. The van der Waals surface area contributed by atoms with Crippen molar-refractivity contribution in [2.45, 2.75) is 39.3 Å². The average molecular weight is 410 g/mol. The van der Waals surface area contributed by atoms with Gasteiger partial charge in [-0.1, -0.05) is 30.3 Å². The number of piperidine rings is 1. The Hall–Kier alpha value is -3.09. The molecule has 1 aromatic heterocycles. The Kier molecular flexibility index (Phi) is 8.06. The van der Waals surface area contributed by atoms with Crippen molar-refractivity contribution in [3.63, 3.8) is 0 Å². The van der Waals surface area contributed by atoms with Crippen LogP contribution in [0.25, 0.3) is 0 Å². The molecule has 1 fully saturated rings. The molecule has 7 nitrogen and oxygen atoms in total. The highest BCUT2D eigenvalue weighted by atomic mass is 16.5. The van der Waals surface area contributed by atoms with Crippen LogP contribution in [0.3, 0.4) is 0 Å². The molecule has 2 heterocycles. The number of carbonyl (C=O) groups excluding carboxylic acids is 1. The number of guanidine groups is 1. The number of aliphatic imine (C=N–C) groups is 1. The maximum absolute atomic E-state index is 11.3. The number of nitrogens with one attached hydrogen (secondary N) is 1. The summed E-state index contributed by atoms with van der Waals surface area (Å²) in [5.41, 5.74) is 7.53. The third-order valence-corrected chi connectivity index (χ3v) is 5.08. The van der Waals surface area contributed by atoms with Gasteiger partial charge in [0.2, 0.25) is 11.8 Å². The summed E-state index contributed by atoms with van der Waals surface area (Å²) in [6.07, 6.45) is 4.25. The number of amides is 1. The zero-order chi connectivity index (χ0) is 21.2. The van der Waals surface area contributed by atoms with Crippen LogP contribution in [0.4, 0.5) is 0 Å². The van der Waals surface area contributed by atoms with Gasteiger partial charge in [0.25, 0.3) is 0 Å². The Morgan fingerprint density at radius 3 is 2.90 bits per heavy atom. The van der Waals surface area contributed by atoms with Gasteiger partial charge in [0.15, 0.2) is 5.96 Å². The lowest BCUT2D eigenvalue weighted by atomic mass is 9.95. The van der Waals surface area contributed by atoms with E-state index in [9.17, 15) is 4.79 Å². The Bertz CT molecular complexity index is 840. The molecule has 1 aromatic carbocycles. The van der Waals surface area contributed by atoms with E-state index in [1.54, 1.807) is 6.20 Å². The first kappa shape index (κ1) is 21.6. The van der Waals surface area contributed by atoms with Crippen LogP contribution >= 0.6 is 0 Å². The number of ether oxygens (including phenoxy) is 1. The quantitative estimate of drug-likeness (QED) is 0.517. The number of benzene rings is 1. The van der Waals surface area contributed by atoms with Gasteiger partial charge in [-0.2, -0.15) is 0 Å². The molecule has 30 heavy (non-hydrogen) atoms. The number of carbonyl (C=O) groups is 1. The summed E-state index contributed by atoms with van der Waals surface area (Å²) in [5.74, 6) is 1.52. The molecule has 7 heteroatoms. The molecule has 1 atom stereocenters. The molecule has 3 N–H and O–H groups in total. The van der Waals surface area contributed by atoms with Crippen molar-refractivity contribution in [1.29, 1.82) is 0 Å². The summed E-state index contributed by atoms with van der Waals surface area (Å²) in [7, 11) is 0. The molecule has 0 radical (unpaired) electrons. The Morgan fingerprint density at radius 1 is 1.30 bits per heavy atom. The lowest BCUT2D eigenvalue weighted by Gasteiger charge is -2.34. The summed E-state index contributed by atoms with van der Waals surface area (Å²) in [6, 6.07) is 13.9. The zero-order valence-electron chi connectivity index (χ0n) is 17.6. The largest absolute Gasteiger partial charge is 0.473 e. The molecule has 1 amide bonds. The smallest absolute Gasteiger partial charge is 0.217 e. The molecule has 0 spiro atoms. The van der Waals surface area contributed by atoms with E-state index in [4.69, 9.17) is 15.5 Å². The van der Waals surface area contributed by atoms with E-state index in [-0.39, 0.29) is 5.91 Å². The van der Waals surface area contributed by atoms with Crippen molar-refractivity contribution in [3.05, 3.63) is 59.8 Å². The molecule has 0 saturated carbocycles. The summed E-state index contributed by atoms with van der Waals surface area (Å²) in [4.78, 5) is 22.6. The Labute approximate surface area is 178 Å². The second-order valence-electron chi connectivity index (χ2n) is 7.57. The normalized spacial score (nSPS) is 16.9. The van der Waals surface area contributed by atoms with E-state index in [1.165, 1.54) is 0 Å². The highest BCUT2D eigenvalue weighted by molar-refractivity contribution is 5.80. The zero-order valence-corrected chi connectivity index (χ0v) is 17.6. The van der Waals surface area contributed by atoms with Gasteiger partial charge in [-0.3, -0.25) is 4.79 Å². The van der Waals surface area contributed by atoms with Crippen molar-refractivity contribution in [3.8, 4) is 5.88 Å². The van der Waals surface area contributed by atoms with E-state index in [1.807, 2.05) is 42.5 Å². The van der Waals surface area contributed by atoms with Crippen LogP contribution in [0, 0.1) is 5.92 Å². The van der Waals surface area contributed by atoms with Gasteiger partial charge < -0.3 is 20.7 Å². The fraction of sp³-hybridized carbons (Fsp3) is 0.435. The number of nitrogens with two attached hydrogens (primary N) is 1. The van der Waals surface area contributed by atoms with Crippen LogP contribution in [0.5, 0.6) is 5.88 Å². The van der Waals surface area contributed by atoms with Gasteiger partial charge in [-0.25, -0.2) is 9.98 Å². The minimum Gasteiger partial charge on any atom is -0.473 e. The predicted molar refractivity (Wildman–Crippen MR) is 118 cm³/mol. The van der Waals surface area contributed by atoms with E-state index in [0.717, 1.165) is 49.6 Å². The minimum atomic E-state index is -0.233. The molecule has 0 bridgehead atoms. The van der Waals surface area contributed by atoms with E-state index in [2.05, 4.69) is 22.1 Å². The first-order valence-corrected chi connectivity index (χ1v) is 10.6. The van der Waals surface area contributed by atoms with Crippen molar-refractivity contribution in [2.24, 2.45) is 16.6 Å². The van der Waals surface area contributed by atoms with Crippen molar-refractivity contribution in [2.75, 3.05) is 19.6 Å². The first-order chi connectivity index (χ1) is 14.6. The Morgan fingerprint density at radius 2 is 2.13 bits per heavy atom. The first-order valence-electron chi connectivity index (χ1n) is 10.6. The van der Waals surface area contributed by atoms with Crippen LogP contribution in [-0.4, -0.2) is 41.4 Å². The van der Waals surface area contributed by atoms with Gasteiger partial charge >= 0.3 is 0 Å². The van der Waals surface area contributed by atoms with Gasteiger partial charge in [0.05, 0.1) is 6.54 Å². The fourth-order valence-corrected chi connectivity index (χ4v) is 3.66. The number of pyridine rings is 1. The van der Waals surface area contributed by atoms with Gasteiger partial charge in [-0.15, -0.1) is 0 Å². The topological polar surface area (TPSA) is 92.8 Å². The van der Waals surface area contributed by atoms with Crippen LogP contribution in [-0.2, 0) is 17.9 Å². The van der Waals surface area contributed by atoms with Crippen LogP contribution in [0.15, 0.2) is 53.7 Å². The van der Waals surface area contributed by atoms with Gasteiger partial charge in [0.1, 0.15) is 6.61 Å². The molecule has 2 aromatic rings. The minimum absolute atomic E-state index is 0.233. The predicted octanol–water partition coefficient (Wildman–Crippen LogP) is 2.71. The number of rotatable bonds is 8. The number of aromatic nitrogens is 1. The molecular formula is C23H31N5O2. The van der Waals surface area contributed by atoms with Crippen molar-refractivity contribution >= 4 is 11.9 Å². The maximum Gasteiger partial charge on any atom is 0.217 e. The van der Waals surface area contributed by atoms with E-state index < -0.39 is 0 Å². The third kappa shape index (κ3) is 6.76. The fourth-order valence-electron chi connectivity index (χ4n) is 3.66. The molecule has 160 valence electrons. The molecule has 1 aliphatic rings. The van der Waals surface area contributed by atoms with Gasteiger partial charge in [0, 0.05) is 38.3 Å². The van der Waals surface area contributed by atoms with E-state index >= 15 is 0 Å². The highest BCUT2D eigenvalue weighted by Gasteiger charge is 2.23. The second kappa shape index (κ2) is 11.2.